The first kappa shape index (κ1) is 24.9. The third-order valence-corrected chi connectivity index (χ3v) is 5.40. The van der Waals surface area contributed by atoms with E-state index >= 15 is 0 Å². The number of rotatable bonds is 11. The Hall–Kier alpha value is -3.78. The maximum absolute atomic E-state index is 12.2. The van der Waals surface area contributed by atoms with Gasteiger partial charge in [-0.15, -0.1) is 0 Å². The average molecular weight is 467 g/mol. The van der Waals surface area contributed by atoms with E-state index in [0.717, 1.165) is 18.4 Å². The number of aromatic nitrogens is 1. The molecular weight excluding hydrogens is 436 g/mol. The third kappa shape index (κ3) is 5.58. The molecule has 3 aromatic rings. The van der Waals surface area contributed by atoms with Crippen molar-refractivity contribution in [1.29, 1.82) is 0 Å². The van der Waals surface area contributed by atoms with Crippen LogP contribution in [-0.4, -0.2) is 43.5 Å². The summed E-state index contributed by atoms with van der Waals surface area (Å²) in [4.78, 5) is 17.1. The van der Waals surface area contributed by atoms with Gasteiger partial charge < -0.3 is 18.9 Å². The van der Waals surface area contributed by atoms with E-state index in [-0.39, 0.29) is 0 Å². The summed E-state index contributed by atoms with van der Waals surface area (Å²) in [7, 11) is 4.76. The summed E-state index contributed by atoms with van der Waals surface area (Å²) in [6, 6.07) is 16.5. The first-order valence-corrected chi connectivity index (χ1v) is 11.0. The molecule has 1 atom stereocenters. The number of para-hydroxylation sites is 1. The third-order valence-electron chi connectivity index (χ3n) is 5.40. The molecule has 2 aromatic carbocycles. The lowest BCUT2D eigenvalue weighted by atomic mass is 10.1. The smallest absolute Gasteiger partial charge is 0.284 e. The molecule has 1 unspecified atom stereocenters. The molecule has 0 aliphatic rings. The lowest BCUT2D eigenvalue weighted by Crippen LogP contribution is -2.36. The molecule has 2 N–H and O–H groups in total. The second kappa shape index (κ2) is 11.9. The molecule has 1 aromatic heterocycles. The number of nitrogens with one attached hydrogen (secondary N) is 1. The van der Waals surface area contributed by atoms with Crippen molar-refractivity contribution in [1.82, 2.24) is 10.5 Å². The van der Waals surface area contributed by atoms with E-state index in [1.165, 1.54) is 0 Å². The molecule has 0 spiro atoms. The number of hydroxylamine groups is 1. The molecule has 0 saturated carbocycles. The van der Waals surface area contributed by atoms with Crippen LogP contribution in [0.5, 0.6) is 23.0 Å². The van der Waals surface area contributed by atoms with Crippen LogP contribution in [0.25, 0.3) is 22.5 Å². The molecule has 0 fully saturated rings. The predicted molar refractivity (Wildman–Crippen MR) is 129 cm³/mol. The highest BCUT2D eigenvalue weighted by atomic mass is 16.5. The largest absolute Gasteiger partial charge is 0.497 e. The van der Waals surface area contributed by atoms with Crippen molar-refractivity contribution in [3.63, 3.8) is 0 Å². The van der Waals surface area contributed by atoms with Crippen molar-refractivity contribution in [3.8, 4) is 45.5 Å². The Morgan fingerprint density at radius 2 is 1.71 bits per heavy atom. The SMILES string of the molecule is CCCCC(Oc1ccccc1-c1nc(-c2ccc(OC)cc2OC)ccc1OC)C(=O)NO. The second-order valence-corrected chi connectivity index (χ2v) is 7.53. The molecular formula is C26H30N2O6. The molecule has 0 aliphatic heterocycles. The van der Waals surface area contributed by atoms with Crippen molar-refractivity contribution < 1.29 is 28.9 Å². The normalized spacial score (nSPS) is 11.4. The van der Waals surface area contributed by atoms with Gasteiger partial charge >= 0.3 is 0 Å². The lowest BCUT2D eigenvalue weighted by molar-refractivity contribution is -0.136. The summed E-state index contributed by atoms with van der Waals surface area (Å²) >= 11 is 0. The van der Waals surface area contributed by atoms with Crippen LogP contribution in [0.15, 0.2) is 54.6 Å². The van der Waals surface area contributed by atoms with Crippen molar-refractivity contribution in [2.75, 3.05) is 21.3 Å². The molecule has 8 heteroatoms. The maximum atomic E-state index is 12.2. The van der Waals surface area contributed by atoms with E-state index in [2.05, 4.69) is 0 Å². The van der Waals surface area contributed by atoms with Crippen LogP contribution < -0.4 is 24.4 Å². The number of ether oxygens (including phenoxy) is 4. The minimum absolute atomic E-state index is 0.455. The standard InChI is InChI=1S/C26H30N2O6/c1-5-6-10-23(26(29)28-30)34-21-11-8-7-9-19(21)25-22(32-3)15-14-20(27-25)18-13-12-17(31-2)16-24(18)33-4/h7-9,11-16,23,30H,5-6,10H2,1-4H3,(H,28,29). The van der Waals surface area contributed by atoms with Crippen LogP contribution in [0.4, 0.5) is 0 Å². The zero-order chi connectivity index (χ0) is 24.5. The van der Waals surface area contributed by atoms with E-state index in [4.69, 9.17) is 29.1 Å². The fraction of sp³-hybridized carbons (Fsp3) is 0.308. The molecule has 3 rings (SSSR count). The molecule has 0 bridgehead atoms. The van der Waals surface area contributed by atoms with Gasteiger partial charge in [0.25, 0.3) is 5.91 Å². The van der Waals surface area contributed by atoms with Crippen LogP contribution in [0.1, 0.15) is 26.2 Å². The molecule has 0 radical (unpaired) electrons. The Morgan fingerprint density at radius 1 is 0.941 bits per heavy atom. The van der Waals surface area contributed by atoms with Crippen molar-refractivity contribution in [2.24, 2.45) is 0 Å². The van der Waals surface area contributed by atoms with Crippen LogP contribution in [0, 0.1) is 0 Å². The van der Waals surface area contributed by atoms with Gasteiger partial charge in [0.05, 0.1) is 27.0 Å². The number of nitrogens with zero attached hydrogens (tertiary/aromatic N) is 1. The Morgan fingerprint density at radius 3 is 2.38 bits per heavy atom. The fourth-order valence-corrected chi connectivity index (χ4v) is 3.59. The summed E-state index contributed by atoms with van der Waals surface area (Å²) in [5.41, 5.74) is 4.35. The topological polar surface area (TPSA) is 99.1 Å². The highest BCUT2D eigenvalue weighted by Gasteiger charge is 2.23. The van der Waals surface area contributed by atoms with Gasteiger partial charge in [0, 0.05) is 17.2 Å². The highest BCUT2D eigenvalue weighted by Crippen LogP contribution is 2.39. The quantitative estimate of drug-likeness (QED) is 0.307. The van der Waals surface area contributed by atoms with Gasteiger partial charge in [-0.1, -0.05) is 25.5 Å². The summed E-state index contributed by atoms with van der Waals surface area (Å²) < 4.78 is 22.5. The van der Waals surface area contributed by atoms with E-state index in [9.17, 15) is 4.79 Å². The van der Waals surface area contributed by atoms with Crippen LogP contribution in [-0.2, 0) is 4.79 Å². The van der Waals surface area contributed by atoms with E-state index in [1.54, 1.807) is 38.9 Å². The van der Waals surface area contributed by atoms with Crippen molar-refractivity contribution in [2.45, 2.75) is 32.3 Å². The van der Waals surface area contributed by atoms with Crippen LogP contribution >= 0.6 is 0 Å². The molecule has 34 heavy (non-hydrogen) atoms. The minimum atomic E-state index is -0.845. The Balaban J connectivity index is 2.08. The minimum Gasteiger partial charge on any atom is -0.497 e. The molecule has 1 amide bonds. The summed E-state index contributed by atoms with van der Waals surface area (Å²) in [5, 5.41) is 9.17. The lowest BCUT2D eigenvalue weighted by Gasteiger charge is -2.20. The Bertz CT molecular complexity index is 1120. The van der Waals surface area contributed by atoms with Gasteiger partial charge in [0.2, 0.25) is 0 Å². The van der Waals surface area contributed by atoms with Gasteiger partial charge in [-0.2, -0.15) is 0 Å². The number of benzene rings is 2. The van der Waals surface area contributed by atoms with Gasteiger partial charge in [-0.3, -0.25) is 10.0 Å². The number of carbonyl (C=O) groups excluding carboxylic acids is 1. The molecule has 8 nitrogen and oxygen atoms in total. The first-order valence-electron chi connectivity index (χ1n) is 11.0. The number of pyridine rings is 1. The molecule has 0 saturated heterocycles. The second-order valence-electron chi connectivity index (χ2n) is 7.53. The van der Waals surface area contributed by atoms with Crippen molar-refractivity contribution >= 4 is 5.91 Å². The van der Waals surface area contributed by atoms with Gasteiger partial charge in [0.15, 0.2) is 6.10 Å². The van der Waals surface area contributed by atoms with Crippen LogP contribution in [0.2, 0.25) is 0 Å². The van der Waals surface area contributed by atoms with Gasteiger partial charge in [-0.25, -0.2) is 10.5 Å². The first-order chi connectivity index (χ1) is 16.6. The summed E-state index contributed by atoms with van der Waals surface area (Å²) in [6.45, 7) is 2.02. The monoisotopic (exact) mass is 466 g/mol. The van der Waals surface area contributed by atoms with E-state index < -0.39 is 12.0 Å². The van der Waals surface area contributed by atoms with Crippen molar-refractivity contribution in [3.05, 3.63) is 54.6 Å². The number of carbonyl (C=O) groups is 1. The fourth-order valence-electron chi connectivity index (χ4n) is 3.59. The van der Waals surface area contributed by atoms with Crippen LogP contribution in [0.3, 0.4) is 0 Å². The Labute approximate surface area is 199 Å². The van der Waals surface area contributed by atoms with Gasteiger partial charge in [0.1, 0.15) is 28.7 Å². The summed E-state index contributed by atoms with van der Waals surface area (Å²) in [5.74, 6) is 1.70. The molecule has 1 heterocycles. The zero-order valence-electron chi connectivity index (χ0n) is 19.8. The van der Waals surface area contributed by atoms with E-state index in [0.29, 0.717) is 46.4 Å². The maximum Gasteiger partial charge on any atom is 0.284 e. The number of hydrogen-bond acceptors (Lipinski definition) is 7. The average Bonchev–Trinajstić information content (AvgIpc) is 2.89. The number of unbranched alkanes of at least 4 members (excludes halogenated alkanes) is 1. The number of hydrogen-bond donors (Lipinski definition) is 2. The Kier molecular flexibility index (Phi) is 8.70. The number of methoxy groups -OCH3 is 3. The molecule has 0 aliphatic carbocycles. The predicted octanol–water partition coefficient (Wildman–Crippen LogP) is 4.88. The molecule has 180 valence electrons. The van der Waals surface area contributed by atoms with Gasteiger partial charge in [-0.05, 0) is 49.2 Å². The summed E-state index contributed by atoms with van der Waals surface area (Å²) in [6.07, 6.45) is 1.28. The number of amides is 1. The highest BCUT2D eigenvalue weighted by molar-refractivity contribution is 5.81. The van der Waals surface area contributed by atoms with E-state index in [1.807, 2.05) is 49.4 Å². The zero-order valence-corrected chi connectivity index (χ0v) is 19.8.